The smallest absolute Gasteiger partial charge is 0.321 e. The lowest BCUT2D eigenvalue weighted by Gasteiger charge is -2.28. The summed E-state index contributed by atoms with van der Waals surface area (Å²) in [7, 11) is -2.08. The molecule has 1 aliphatic carbocycles. The summed E-state index contributed by atoms with van der Waals surface area (Å²) >= 11 is 0. The van der Waals surface area contributed by atoms with Gasteiger partial charge >= 0.3 is 5.97 Å². The molecule has 0 saturated heterocycles. The molecule has 0 spiro atoms. The summed E-state index contributed by atoms with van der Waals surface area (Å²) in [4.78, 5) is 11.3. The average molecular weight is 277 g/mol. The maximum atomic E-state index is 12.4. The first kappa shape index (κ1) is 15.4. The van der Waals surface area contributed by atoms with Gasteiger partial charge in [-0.2, -0.15) is 4.31 Å². The topological polar surface area (TPSA) is 63.7 Å². The fraction of sp³-hybridized carbons (Fsp3) is 0.917. The Morgan fingerprint density at radius 2 is 1.89 bits per heavy atom. The predicted molar refractivity (Wildman–Crippen MR) is 69.7 cm³/mol. The molecule has 0 heterocycles. The first-order chi connectivity index (χ1) is 8.52. The van der Waals surface area contributed by atoms with Gasteiger partial charge in [0.2, 0.25) is 10.0 Å². The van der Waals surface area contributed by atoms with E-state index in [1.807, 2.05) is 6.92 Å². The zero-order chi connectivity index (χ0) is 13.6. The zero-order valence-electron chi connectivity index (χ0n) is 11.2. The molecule has 5 nitrogen and oxygen atoms in total. The molecule has 6 heteroatoms. The van der Waals surface area contributed by atoms with Crippen LogP contribution in [0, 0.1) is 0 Å². The van der Waals surface area contributed by atoms with E-state index in [4.69, 9.17) is 0 Å². The van der Waals surface area contributed by atoms with Gasteiger partial charge in [0.05, 0.1) is 12.4 Å². The Bertz CT molecular complexity index is 360. The number of hydrogen-bond acceptors (Lipinski definition) is 4. The van der Waals surface area contributed by atoms with E-state index in [-0.39, 0.29) is 11.8 Å². The summed E-state index contributed by atoms with van der Waals surface area (Å²) in [6.07, 6.45) is 5.15. The molecule has 1 fully saturated rings. The van der Waals surface area contributed by atoms with Crippen molar-refractivity contribution in [3.05, 3.63) is 0 Å². The van der Waals surface area contributed by atoms with Crippen molar-refractivity contribution in [1.29, 1.82) is 0 Å². The van der Waals surface area contributed by atoms with Crippen LogP contribution in [0.2, 0.25) is 0 Å². The molecule has 0 radical (unpaired) electrons. The van der Waals surface area contributed by atoms with Crippen LogP contribution in [0.4, 0.5) is 0 Å². The van der Waals surface area contributed by atoms with E-state index in [0.717, 1.165) is 19.3 Å². The highest BCUT2D eigenvalue weighted by Crippen LogP contribution is 2.26. The minimum atomic E-state index is -3.36. The molecule has 0 N–H and O–H groups in total. The van der Waals surface area contributed by atoms with Gasteiger partial charge in [0.1, 0.15) is 6.54 Å². The van der Waals surface area contributed by atoms with Gasteiger partial charge in [-0.1, -0.05) is 26.2 Å². The van der Waals surface area contributed by atoms with Crippen molar-refractivity contribution in [2.45, 2.75) is 50.7 Å². The molecular weight excluding hydrogens is 254 g/mol. The summed E-state index contributed by atoms with van der Waals surface area (Å²) in [5.41, 5.74) is 0. The second kappa shape index (κ2) is 7.09. The van der Waals surface area contributed by atoms with E-state index < -0.39 is 16.0 Å². The molecule has 0 aliphatic heterocycles. The van der Waals surface area contributed by atoms with Gasteiger partial charge < -0.3 is 4.74 Å². The van der Waals surface area contributed by atoms with Gasteiger partial charge in [0, 0.05) is 6.54 Å². The van der Waals surface area contributed by atoms with Crippen LogP contribution >= 0.6 is 0 Å². The van der Waals surface area contributed by atoms with Crippen molar-refractivity contribution < 1.29 is 17.9 Å². The molecule has 106 valence electrons. The number of carbonyl (C=O) groups excluding carboxylic acids is 1. The lowest BCUT2D eigenvalue weighted by atomic mass is 10.0. The van der Waals surface area contributed by atoms with Gasteiger partial charge in [-0.25, -0.2) is 8.42 Å². The van der Waals surface area contributed by atoms with Crippen LogP contribution in [-0.4, -0.2) is 44.1 Å². The predicted octanol–water partition coefficient (Wildman–Crippen LogP) is 1.53. The van der Waals surface area contributed by atoms with E-state index >= 15 is 0 Å². The fourth-order valence-corrected chi connectivity index (χ4v) is 4.40. The highest BCUT2D eigenvalue weighted by molar-refractivity contribution is 7.89. The van der Waals surface area contributed by atoms with Gasteiger partial charge in [-0.3, -0.25) is 4.79 Å². The molecule has 1 rings (SSSR count). The molecule has 0 aromatic rings. The van der Waals surface area contributed by atoms with Crippen molar-refractivity contribution in [2.75, 3.05) is 20.2 Å². The van der Waals surface area contributed by atoms with Crippen LogP contribution in [0.1, 0.15) is 45.4 Å². The first-order valence-electron chi connectivity index (χ1n) is 6.58. The first-order valence-corrected chi connectivity index (χ1v) is 8.08. The molecule has 0 bridgehead atoms. The van der Waals surface area contributed by atoms with Crippen LogP contribution in [0.15, 0.2) is 0 Å². The van der Waals surface area contributed by atoms with E-state index in [0.29, 0.717) is 25.8 Å². The van der Waals surface area contributed by atoms with Crippen LogP contribution < -0.4 is 0 Å². The Hall–Kier alpha value is -0.620. The Kier molecular flexibility index (Phi) is 6.08. The monoisotopic (exact) mass is 277 g/mol. The molecule has 0 unspecified atom stereocenters. The maximum Gasteiger partial charge on any atom is 0.321 e. The average Bonchev–Trinajstić information content (AvgIpc) is 2.39. The maximum absolute atomic E-state index is 12.4. The Balaban J connectivity index is 2.78. The number of rotatable bonds is 6. The number of esters is 1. The Labute approximate surface area is 110 Å². The van der Waals surface area contributed by atoms with Gasteiger partial charge in [0.25, 0.3) is 0 Å². The quantitative estimate of drug-likeness (QED) is 0.691. The number of sulfonamides is 1. The summed E-state index contributed by atoms with van der Waals surface area (Å²) in [5.74, 6) is -0.497. The normalized spacial score (nSPS) is 17.9. The standard InChI is InChI=1S/C12H23NO4S/c1-3-9-13(10-12(14)17-2)18(15,16)11-7-5-4-6-8-11/h11H,3-10H2,1-2H3. The van der Waals surface area contributed by atoms with Crippen molar-refractivity contribution in [2.24, 2.45) is 0 Å². The van der Waals surface area contributed by atoms with Crippen LogP contribution in [0.5, 0.6) is 0 Å². The molecular formula is C12H23NO4S. The summed E-state index contributed by atoms with van der Waals surface area (Å²) in [5, 5.41) is -0.317. The van der Waals surface area contributed by atoms with Crippen LogP contribution in [0.25, 0.3) is 0 Å². The third-order valence-corrected chi connectivity index (χ3v) is 5.68. The minimum absolute atomic E-state index is 0.164. The fourth-order valence-electron chi connectivity index (χ4n) is 2.33. The minimum Gasteiger partial charge on any atom is -0.468 e. The van der Waals surface area contributed by atoms with E-state index in [1.165, 1.54) is 11.4 Å². The van der Waals surface area contributed by atoms with Crippen molar-refractivity contribution in [3.63, 3.8) is 0 Å². The number of carbonyl (C=O) groups is 1. The highest BCUT2D eigenvalue weighted by atomic mass is 32.2. The SMILES string of the molecule is CCCN(CC(=O)OC)S(=O)(=O)C1CCCCC1. The lowest BCUT2D eigenvalue weighted by molar-refractivity contribution is -0.140. The summed E-state index contributed by atoms with van der Waals surface area (Å²) < 4.78 is 30.7. The molecule has 0 aromatic heterocycles. The summed E-state index contributed by atoms with van der Waals surface area (Å²) in [6.45, 7) is 2.12. The van der Waals surface area contributed by atoms with Crippen LogP contribution in [-0.2, 0) is 19.6 Å². The summed E-state index contributed by atoms with van der Waals surface area (Å²) in [6, 6.07) is 0. The third-order valence-electron chi connectivity index (χ3n) is 3.34. The van der Waals surface area contributed by atoms with Gasteiger partial charge in [-0.15, -0.1) is 0 Å². The van der Waals surface area contributed by atoms with Crippen molar-refractivity contribution >= 4 is 16.0 Å². The number of methoxy groups -OCH3 is 1. The largest absolute Gasteiger partial charge is 0.468 e. The Morgan fingerprint density at radius 3 is 2.39 bits per heavy atom. The number of ether oxygens (including phenoxy) is 1. The molecule has 0 aromatic carbocycles. The van der Waals surface area contributed by atoms with Crippen molar-refractivity contribution in [3.8, 4) is 0 Å². The third kappa shape index (κ3) is 3.95. The lowest BCUT2D eigenvalue weighted by Crippen LogP contribution is -2.43. The Morgan fingerprint density at radius 1 is 1.28 bits per heavy atom. The van der Waals surface area contributed by atoms with Gasteiger partial charge in [0.15, 0.2) is 0 Å². The second-order valence-electron chi connectivity index (χ2n) is 4.71. The number of nitrogens with zero attached hydrogens (tertiary/aromatic N) is 1. The molecule has 1 aliphatic rings. The highest BCUT2D eigenvalue weighted by Gasteiger charge is 2.33. The molecule has 18 heavy (non-hydrogen) atoms. The van der Waals surface area contributed by atoms with E-state index in [2.05, 4.69) is 4.74 Å². The second-order valence-corrected chi connectivity index (χ2v) is 6.93. The molecule has 0 amide bonds. The van der Waals surface area contributed by atoms with E-state index in [1.54, 1.807) is 0 Å². The van der Waals surface area contributed by atoms with E-state index in [9.17, 15) is 13.2 Å². The van der Waals surface area contributed by atoms with Gasteiger partial charge in [-0.05, 0) is 19.3 Å². The molecule has 1 saturated carbocycles. The van der Waals surface area contributed by atoms with Crippen LogP contribution in [0.3, 0.4) is 0 Å². The number of hydrogen-bond donors (Lipinski definition) is 0. The molecule has 0 atom stereocenters. The zero-order valence-corrected chi connectivity index (χ0v) is 12.0. The van der Waals surface area contributed by atoms with Crippen molar-refractivity contribution in [1.82, 2.24) is 4.31 Å².